The average Bonchev–Trinajstić information content (AvgIpc) is 2.82. The topological polar surface area (TPSA) is 61.8 Å². The summed E-state index contributed by atoms with van der Waals surface area (Å²) in [5.41, 5.74) is 0.699. The Morgan fingerprint density at radius 3 is 2.20 bits per heavy atom. The van der Waals surface area contributed by atoms with Crippen LogP contribution in [0.2, 0.25) is 0 Å². The first kappa shape index (κ1) is 20.0. The van der Waals surface area contributed by atoms with Crippen molar-refractivity contribution in [3.63, 3.8) is 0 Å². The summed E-state index contributed by atoms with van der Waals surface area (Å²) in [7, 11) is 0. The molecule has 8 heteroatoms. The van der Waals surface area contributed by atoms with Crippen LogP contribution in [-0.2, 0) is 9.59 Å². The predicted octanol–water partition coefficient (Wildman–Crippen LogP) is 3.93. The minimum Gasteiger partial charge on any atom is -0.348 e. The second kappa shape index (κ2) is 7.14. The van der Waals surface area contributed by atoms with Crippen molar-refractivity contribution >= 4 is 58.0 Å². The van der Waals surface area contributed by atoms with Gasteiger partial charge in [0.15, 0.2) is 0 Å². The number of benzene rings is 1. The molecule has 2 unspecified atom stereocenters. The highest BCUT2D eigenvalue weighted by molar-refractivity contribution is 6.68. The molecule has 0 saturated heterocycles. The summed E-state index contributed by atoms with van der Waals surface area (Å²) >= 11 is 18.3. The zero-order valence-electron chi connectivity index (χ0n) is 14.4. The Labute approximate surface area is 162 Å². The molecule has 0 fully saturated rings. The van der Waals surface area contributed by atoms with E-state index in [1.807, 2.05) is 39.0 Å². The molecular formula is C17H20Cl3N3O2. The van der Waals surface area contributed by atoms with Gasteiger partial charge in [-0.05, 0) is 12.1 Å². The molecule has 1 aliphatic rings. The number of hydrazone groups is 1. The Hall–Kier alpha value is -1.30. The molecule has 1 aliphatic heterocycles. The molecule has 1 aromatic rings. The maximum Gasteiger partial charge on any atom is 0.258 e. The number of alkyl halides is 3. The van der Waals surface area contributed by atoms with E-state index in [9.17, 15) is 9.59 Å². The van der Waals surface area contributed by atoms with E-state index in [0.29, 0.717) is 11.4 Å². The molecule has 25 heavy (non-hydrogen) atoms. The molecule has 5 nitrogen and oxygen atoms in total. The molecule has 1 heterocycles. The van der Waals surface area contributed by atoms with Gasteiger partial charge in [-0.25, -0.2) is 5.01 Å². The molecule has 2 amide bonds. The second-order valence-electron chi connectivity index (χ2n) is 6.92. The Bertz CT molecular complexity index is 693. The SMILES string of the molecule is CC(=O)NC(C1C(=O)N(c2ccccc2)N=C1C(C)(C)C)C(Cl)(Cl)Cl. The average molecular weight is 405 g/mol. The van der Waals surface area contributed by atoms with Crippen LogP contribution in [0.15, 0.2) is 35.4 Å². The first-order valence-corrected chi connectivity index (χ1v) is 8.88. The van der Waals surface area contributed by atoms with Gasteiger partial charge in [-0.15, -0.1) is 0 Å². The lowest BCUT2D eigenvalue weighted by Crippen LogP contribution is -2.54. The minimum atomic E-state index is -1.87. The minimum absolute atomic E-state index is 0.346. The molecule has 0 spiro atoms. The van der Waals surface area contributed by atoms with Crippen LogP contribution in [0.5, 0.6) is 0 Å². The van der Waals surface area contributed by atoms with Crippen LogP contribution in [0.1, 0.15) is 27.7 Å². The molecule has 0 aromatic heterocycles. The molecule has 0 aliphatic carbocycles. The largest absolute Gasteiger partial charge is 0.348 e. The van der Waals surface area contributed by atoms with Crippen molar-refractivity contribution in [2.45, 2.75) is 37.5 Å². The van der Waals surface area contributed by atoms with E-state index in [0.717, 1.165) is 0 Å². The number of nitrogens with one attached hydrogen (secondary N) is 1. The highest BCUT2D eigenvalue weighted by Gasteiger charge is 2.52. The van der Waals surface area contributed by atoms with Crippen molar-refractivity contribution in [3.8, 4) is 0 Å². The van der Waals surface area contributed by atoms with E-state index in [2.05, 4.69) is 10.4 Å². The van der Waals surface area contributed by atoms with Gasteiger partial charge in [0, 0.05) is 12.3 Å². The highest BCUT2D eigenvalue weighted by atomic mass is 35.6. The maximum absolute atomic E-state index is 13.1. The fourth-order valence-electron chi connectivity index (χ4n) is 2.71. The van der Waals surface area contributed by atoms with Crippen LogP contribution in [0, 0.1) is 11.3 Å². The fraction of sp³-hybridized carbons (Fsp3) is 0.471. The van der Waals surface area contributed by atoms with Crippen molar-refractivity contribution in [1.82, 2.24) is 5.32 Å². The van der Waals surface area contributed by atoms with Gasteiger partial charge in [0.2, 0.25) is 9.70 Å². The van der Waals surface area contributed by atoms with E-state index >= 15 is 0 Å². The molecule has 0 radical (unpaired) electrons. The molecular weight excluding hydrogens is 385 g/mol. The third-order valence-electron chi connectivity index (χ3n) is 3.79. The smallest absolute Gasteiger partial charge is 0.258 e. The summed E-state index contributed by atoms with van der Waals surface area (Å²) in [6, 6.07) is 7.97. The second-order valence-corrected chi connectivity index (χ2v) is 9.29. The van der Waals surface area contributed by atoms with E-state index in [4.69, 9.17) is 34.8 Å². The lowest BCUT2D eigenvalue weighted by atomic mass is 9.79. The van der Waals surface area contributed by atoms with Crippen LogP contribution >= 0.6 is 34.8 Å². The van der Waals surface area contributed by atoms with Crippen molar-refractivity contribution < 1.29 is 9.59 Å². The summed E-state index contributed by atoms with van der Waals surface area (Å²) in [6.45, 7) is 7.07. The summed E-state index contributed by atoms with van der Waals surface area (Å²) < 4.78 is -1.87. The van der Waals surface area contributed by atoms with Gasteiger partial charge in [0.1, 0.15) is 5.92 Å². The number of para-hydroxylation sites is 1. The Balaban J connectivity index is 2.53. The molecule has 0 saturated carbocycles. The molecule has 2 atom stereocenters. The van der Waals surface area contributed by atoms with Gasteiger partial charge in [0.05, 0.1) is 17.4 Å². The number of amides is 2. The summed E-state index contributed by atoms with van der Waals surface area (Å²) in [6.07, 6.45) is 0. The van der Waals surface area contributed by atoms with Crippen LogP contribution in [0.4, 0.5) is 5.69 Å². The molecule has 0 bridgehead atoms. The molecule has 136 valence electrons. The van der Waals surface area contributed by atoms with Crippen LogP contribution < -0.4 is 10.3 Å². The molecule has 1 aromatic carbocycles. The summed E-state index contributed by atoms with van der Waals surface area (Å²) in [4.78, 5) is 24.7. The predicted molar refractivity (Wildman–Crippen MR) is 102 cm³/mol. The number of rotatable bonds is 3. The van der Waals surface area contributed by atoms with Gasteiger partial charge in [-0.2, -0.15) is 5.10 Å². The summed E-state index contributed by atoms with van der Waals surface area (Å²) in [5, 5.41) is 8.41. The third kappa shape index (κ3) is 4.46. The Morgan fingerprint density at radius 1 is 1.20 bits per heavy atom. The third-order valence-corrected chi connectivity index (χ3v) is 4.50. The van der Waals surface area contributed by atoms with Crippen LogP contribution in [0.3, 0.4) is 0 Å². The Morgan fingerprint density at radius 2 is 1.76 bits per heavy atom. The van der Waals surface area contributed by atoms with E-state index in [1.54, 1.807) is 12.1 Å². The Kier molecular flexibility index (Phi) is 5.71. The standard InChI is InChI=1S/C17H20Cl3N3O2/c1-10(24)21-14(17(18,19)20)12-13(16(2,3)4)22-23(15(12)25)11-8-6-5-7-9-11/h5-9,12,14H,1-4H3,(H,21,24). The number of nitrogens with zero attached hydrogens (tertiary/aromatic N) is 2. The normalized spacial score (nSPS) is 19.6. The van der Waals surface area contributed by atoms with E-state index in [-0.39, 0.29) is 5.91 Å². The van der Waals surface area contributed by atoms with Crippen LogP contribution in [-0.4, -0.2) is 27.4 Å². The molecule has 1 N–H and O–H groups in total. The number of halogens is 3. The number of anilines is 1. The van der Waals surface area contributed by atoms with Crippen molar-refractivity contribution in [2.75, 3.05) is 5.01 Å². The van der Waals surface area contributed by atoms with Gasteiger partial charge in [-0.3, -0.25) is 9.59 Å². The number of carbonyl (C=O) groups is 2. The van der Waals surface area contributed by atoms with Crippen molar-refractivity contribution in [2.24, 2.45) is 16.4 Å². The van der Waals surface area contributed by atoms with Gasteiger partial charge < -0.3 is 5.32 Å². The summed E-state index contributed by atoms with van der Waals surface area (Å²) in [5.74, 6) is -1.62. The van der Waals surface area contributed by atoms with Gasteiger partial charge in [-0.1, -0.05) is 73.8 Å². The highest BCUT2D eigenvalue weighted by Crippen LogP contribution is 2.41. The molecule has 2 rings (SSSR count). The lowest BCUT2D eigenvalue weighted by Gasteiger charge is -2.33. The monoisotopic (exact) mass is 403 g/mol. The fourth-order valence-corrected chi connectivity index (χ4v) is 3.25. The number of carbonyl (C=O) groups excluding carboxylic acids is 2. The zero-order chi connectivity index (χ0) is 19.0. The number of hydrogen-bond acceptors (Lipinski definition) is 3. The van der Waals surface area contributed by atoms with Crippen LogP contribution in [0.25, 0.3) is 0 Å². The van der Waals surface area contributed by atoms with Gasteiger partial charge in [0.25, 0.3) is 5.91 Å². The van der Waals surface area contributed by atoms with E-state index in [1.165, 1.54) is 11.9 Å². The first-order valence-electron chi connectivity index (χ1n) is 7.74. The maximum atomic E-state index is 13.1. The van der Waals surface area contributed by atoms with Crippen molar-refractivity contribution in [1.29, 1.82) is 0 Å². The quantitative estimate of drug-likeness (QED) is 0.776. The van der Waals surface area contributed by atoms with E-state index < -0.39 is 27.1 Å². The lowest BCUT2D eigenvalue weighted by molar-refractivity contribution is -0.122. The van der Waals surface area contributed by atoms with Gasteiger partial charge >= 0.3 is 0 Å². The zero-order valence-corrected chi connectivity index (χ0v) is 16.7. The number of hydrogen-bond donors (Lipinski definition) is 1. The first-order chi connectivity index (χ1) is 11.4. The van der Waals surface area contributed by atoms with Crippen molar-refractivity contribution in [3.05, 3.63) is 30.3 Å².